The lowest BCUT2D eigenvalue weighted by Gasteiger charge is -2.29. The van der Waals surface area contributed by atoms with Crippen LogP contribution >= 0.6 is 0 Å². The van der Waals surface area contributed by atoms with Crippen molar-refractivity contribution in [2.45, 2.75) is 32.1 Å². The van der Waals surface area contributed by atoms with E-state index >= 15 is 0 Å². The lowest BCUT2D eigenvalue weighted by atomic mass is 9.81. The van der Waals surface area contributed by atoms with Gasteiger partial charge >= 0.3 is 0 Å². The molecule has 3 aliphatic rings. The summed E-state index contributed by atoms with van der Waals surface area (Å²) in [6.07, 6.45) is 11.0. The summed E-state index contributed by atoms with van der Waals surface area (Å²) in [5, 5.41) is 2.58. The summed E-state index contributed by atoms with van der Waals surface area (Å²) in [6.45, 7) is 4.71. The van der Waals surface area contributed by atoms with Gasteiger partial charge in [-0.2, -0.15) is 0 Å². The third kappa shape index (κ3) is 2.74. The highest BCUT2D eigenvalue weighted by atomic mass is 15.3. The zero-order valence-electron chi connectivity index (χ0n) is 21.1. The van der Waals surface area contributed by atoms with E-state index in [2.05, 4.69) is 127 Å². The smallest absolute Gasteiger partial charge is 0.219 e. The van der Waals surface area contributed by atoms with Crippen LogP contribution in [0.4, 0.5) is 11.6 Å². The van der Waals surface area contributed by atoms with Gasteiger partial charge in [-0.15, -0.1) is 0 Å². The van der Waals surface area contributed by atoms with E-state index in [-0.39, 0.29) is 5.41 Å². The van der Waals surface area contributed by atoms with Crippen molar-refractivity contribution in [1.29, 1.82) is 0 Å². The lowest BCUT2D eigenvalue weighted by Crippen LogP contribution is -2.18. The lowest BCUT2D eigenvalue weighted by molar-refractivity contribution is 0.661. The summed E-state index contributed by atoms with van der Waals surface area (Å²) in [5.74, 6) is 0.943. The Kier molecular flexibility index (Phi) is 4.12. The molecule has 5 aromatic rings. The van der Waals surface area contributed by atoms with Crippen LogP contribution in [0.3, 0.4) is 0 Å². The fraction of sp³-hybridized carbons (Fsp3) is 0.147. The fourth-order valence-corrected chi connectivity index (χ4v) is 6.67. The van der Waals surface area contributed by atoms with Gasteiger partial charge in [0.2, 0.25) is 5.95 Å². The Hall–Kier alpha value is -4.37. The number of nitrogens with zero attached hydrogens (tertiary/aromatic N) is 3. The Balaban J connectivity index is 1.40. The van der Waals surface area contributed by atoms with E-state index < -0.39 is 0 Å². The molecule has 0 atom stereocenters. The Morgan fingerprint density at radius 1 is 0.838 bits per heavy atom. The number of para-hydroxylation sites is 1. The minimum Gasteiger partial charge on any atom is -0.286 e. The first-order chi connectivity index (χ1) is 18.1. The van der Waals surface area contributed by atoms with E-state index in [1.165, 1.54) is 50.0 Å². The van der Waals surface area contributed by atoms with Crippen molar-refractivity contribution >= 4 is 34.6 Å². The normalized spacial score (nSPS) is 16.1. The molecule has 3 heteroatoms. The standard InChI is InChI=1S/C34H27N3/c1-34(2)26-15-7-6-14-24(26)32-25-19-20-36(30-18-10-11-22(31(25)30)21-27(32)34)33-35-28-16-8-9-17-29(28)37(33)23-12-4-3-5-13-23/h3-8,10-16,18-21H,9,17H2,1-2H3. The van der Waals surface area contributed by atoms with Crippen molar-refractivity contribution in [3.8, 4) is 16.8 Å². The van der Waals surface area contributed by atoms with E-state index in [9.17, 15) is 0 Å². The van der Waals surface area contributed by atoms with Crippen molar-refractivity contribution in [3.63, 3.8) is 0 Å². The Morgan fingerprint density at radius 2 is 1.68 bits per heavy atom. The summed E-state index contributed by atoms with van der Waals surface area (Å²) < 4.78 is 2.35. The van der Waals surface area contributed by atoms with Gasteiger partial charge in [0.15, 0.2) is 0 Å². The van der Waals surface area contributed by atoms with E-state index in [0.717, 1.165) is 30.2 Å². The minimum atomic E-state index is -0.0213. The summed E-state index contributed by atoms with van der Waals surface area (Å²) in [6, 6.07) is 28.7. The van der Waals surface area contributed by atoms with Crippen molar-refractivity contribution in [1.82, 2.24) is 9.55 Å². The minimum absolute atomic E-state index is 0.0213. The van der Waals surface area contributed by atoms with Crippen LogP contribution in [0.15, 0.2) is 91.1 Å². The molecule has 0 saturated carbocycles. The molecular formula is C34H27N3. The van der Waals surface area contributed by atoms with Crippen LogP contribution in [0.1, 0.15) is 48.3 Å². The molecular weight excluding hydrogens is 450 g/mol. The Bertz CT molecular complexity index is 1800. The average molecular weight is 478 g/mol. The molecule has 4 aromatic carbocycles. The molecule has 0 fully saturated rings. The van der Waals surface area contributed by atoms with E-state index in [1.807, 2.05) is 0 Å². The monoisotopic (exact) mass is 477 g/mol. The van der Waals surface area contributed by atoms with Crippen molar-refractivity contribution in [2.75, 3.05) is 4.90 Å². The molecule has 0 saturated heterocycles. The first-order valence-corrected chi connectivity index (χ1v) is 13.1. The second-order valence-corrected chi connectivity index (χ2v) is 10.8. The number of imidazole rings is 1. The first kappa shape index (κ1) is 20.8. The van der Waals surface area contributed by atoms with Crippen LogP contribution in [0.5, 0.6) is 0 Å². The molecule has 0 bridgehead atoms. The topological polar surface area (TPSA) is 21.1 Å². The maximum atomic E-state index is 5.19. The van der Waals surface area contributed by atoms with E-state index in [4.69, 9.17) is 4.98 Å². The number of fused-ring (bicyclic) bond motifs is 5. The van der Waals surface area contributed by atoms with Gasteiger partial charge in [-0.25, -0.2) is 4.98 Å². The summed E-state index contributed by atoms with van der Waals surface area (Å²) in [4.78, 5) is 7.48. The van der Waals surface area contributed by atoms with Crippen LogP contribution in [0.2, 0.25) is 0 Å². The van der Waals surface area contributed by atoms with Gasteiger partial charge in [-0.1, -0.05) is 74.5 Å². The van der Waals surface area contributed by atoms with Crippen molar-refractivity contribution in [3.05, 3.63) is 119 Å². The Labute approximate surface area is 217 Å². The second kappa shape index (κ2) is 7.33. The van der Waals surface area contributed by atoms with Gasteiger partial charge in [0.25, 0.3) is 0 Å². The predicted molar refractivity (Wildman–Crippen MR) is 154 cm³/mol. The molecule has 2 aliphatic carbocycles. The van der Waals surface area contributed by atoms with Crippen molar-refractivity contribution < 1.29 is 0 Å². The zero-order valence-corrected chi connectivity index (χ0v) is 21.1. The molecule has 0 N–H and O–H groups in total. The quantitative estimate of drug-likeness (QED) is 0.254. The van der Waals surface area contributed by atoms with Crippen LogP contribution in [-0.2, 0) is 11.8 Å². The van der Waals surface area contributed by atoms with Crippen LogP contribution < -0.4 is 4.90 Å². The highest BCUT2D eigenvalue weighted by molar-refractivity contribution is 6.10. The van der Waals surface area contributed by atoms with Crippen LogP contribution in [-0.4, -0.2) is 9.55 Å². The number of anilines is 2. The van der Waals surface area contributed by atoms with E-state index in [0.29, 0.717) is 0 Å². The van der Waals surface area contributed by atoms with Gasteiger partial charge in [-0.3, -0.25) is 9.47 Å². The molecule has 0 amide bonds. The zero-order chi connectivity index (χ0) is 24.7. The third-order valence-corrected chi connectivity index (χ3v) is 8.41. The summed E-state index contributed by atoms with van der Waals surface area (Å²) in [7, 11) is 0. The molecule has 178 valence electrons. The molecule has 8 rings (SSSR count). The van der Waals surface area contributed by atoms with Crippen LogP contribution in [0, 0.1) is 0 Å². The average Bonchev–Trinajstić information content (AvgIpc) is 3.43. The highest BCUT2D eigenvalue weighted by Gasteiger charge is 2.38. The molecule has 3 nitrogen and oxygen atoms in total. The number of aromatic nitrogens is 2. The Morgan fingerprint density at radius 3 is 2.57 bits per heavy atom. The molecule has 37 heavy (non-hydrogen) atoms. The largest absolute Gasteiger partial charge is 0.286 e. The first-order valence-electron chi connectivity index (χ1n) is 13.1. The van der Waals surface area contributed by atoms with E-state index in [1.54, 1.807) is 0 Å². The molecule has 0 radical (unpaired) electrons. The van der Waals surface area contributed by atoms with Gasteiger partial charge < -0.3 is 0 Å². The van der Waals surface area contributed by atoms with Crippen LogP contribution in [0.25, 0.3) is 39.7 Å². The predicted octanol–water partition coefficient (Wildman–Crippen LogP) is 8.41. The fourth-order valence-electron chi connectivity index (χ4n) is 6.67. The summed E-state index contributed by atoms with van der Waals surface area (Å²) >= 11 is 0. The summed E-state index contributed by atoms with van der Waals surface area (Å²) in [5.41, 5.74) is 11.5. The highest BCUT2D eigenvalue weighted by Crippen LogP contribution is 2.54. The van der Waals surface area contributed by atoms with Gasteiger partial charge in [0, 0.05) is 22.7 Å². The number of hydrogen-bond acceptors (Lipinski definition) is 2. The van der Waals surface area contributed by atoms with Gasteiger partial charge in [0.05, 0.1) is 17.1 Å². The van der Waals surface area contributed by atoms with Gasteiger partial charge in [0.1, 0.15) is 0 Å². The third-order valence-electron chi connectivity index (χ3n) is 8.41. The SMILES string of the molecule is CC1(C)c2ccccc2-c2c1cc1cccc3c1c2C=CN3c1nc2c(n1-c1ccccc1)CCC=C2. The number of hydrogen-bond donors (Lipinski definition) is 0. The van der Waals surface area contributed by atoms with Crippen molar-refractivity contribution in [2.24, 2.45) is 0 Å². The second-order valence-electron chi connectivity index (χ2n) is 10.8. The molecule has 1 aromatic heterocycles. The molecule has 0 spiro atoms. The molecule has 0 unspecified atom stereocenters. The molecule has 2 heterocycles. The maximum Gasteiger partial charge on any atom is 0.219 e. The number of rotatable bonds is 2. The number of allylic oxidation sites excluding steroid dienone is 1. The maximum absolute atomic E-state index is 5.19. The van der Waals surface area contributed by atoms with Gasteiger partial charge in [-0.05, 0) is 82.5 Å². The number of benzene rings is 4. The molecule has 1 aliphatic heterocycles.